The lowest BCUT2D eigenvalue weighted by Gasteiger charge is -2.30. The van der Waals surface area contributed by atoms with Crippen LogP contribution in [0.5, 0.6) is 0 Å². The van der Waals surface area contributed by atoms with E-state index in [0.29, 0.717) is 5.78 Å². The van der Waals surface area contributed by atoms with Gasteiger partial charge in [-0.3, -0.25) is 4.79 Å². The lowest BCUT2D eigenvalue weighted by molar-refractivity contribution is 0.0971. The van der Waals surface area contributed by atoms with Gasteiger partial charge in [-0.2, -0.15) is 0 Å². The molecule has 0 aliphatic heterocycles. The standard InChI is InChI=1S/C14H21NO/c1-4-9-14(2,3)15-10-8-11-12(15)6-5-7-13(11)16/h8,10H,4-7,9H2,1-3H3. The molecule has 0 saturated carbocycles. The molecule has 0 fully saturated rings. The first kappa shape index (κ1) is 11.4. The van der Waals surface area contributed by atoms with Crippen molar-refractivity contribution < 1.29 is 4.79 Å². The van der Waals surface area contributed by atoms with E-state index in [2.05, 4.69) is 31.5 Å². The van der Waals surface area contributed by atoms with E-state index in [1.165, 1.54) is 12.1 Å². The zero-order valence-electron chi connectivity index (χ0n) is 10.5. The summed E-state index contributed by atoms with van der Waals surface area (Å²) in [5.74, 6) is 0.326. The first-order chi connectivity index (χ1) is 7.56. The molecular weight excluding hydrogens is 198 g/mol. The normalized spacial score (nSPS) is 16.3. The van der Waals surface area contributed by atoms with Crippen LogP contribution in [0.1, 0.15) is 62.5 Å². The Bertz CT molecular complexity index is 401. The van der Waals surface area contributed by atoms with Gasteiger partial charge in [-0.15, -0.1) is 0 Å². The average molecular weight is 219 g/mol. The molecule has 0 radical (unpaired) electrons. The SMILES string of the molecule is CCCC(C)(C)n1ccc2c1CCCC2=O. The first-order valence-corrected chi connectivity index (χ1v) is 6.30. The number of carbonyl (C=O) groups excluding carboxylic acids is 1. The molecule has 16 heavy (non-hydrogen) atoms. The second-order valence-corrected chi connectivity index (χ2v) is 5.39. The predicted molar refractivity (Wildman–Crippen MR) is 65.9 cm³/mol. The van der Waals surface area contributed by atoms with Gasteiger partial charge in [0.25, 0.3) is 0 Å². The Hall–Kier alpha value is -1.05. The van der Waals surface area contributed by atoms with Crippen molar-refractivity contribution in [1.29, 1.82) is 0 Å². The van der Waals surface area contributed by atoms with E-state index in [4.69, 9.17) is 0 Å². The minimum Gasteiger partial charge on any atom is -0.345 e. The van der Waals surface area contributed by atoms with Crippen molar-refractivity contribution in [2.45, 2.75) is 58.4 Å². The quantitative estimate of drug-likeness (QED) is 0.762. The van der Waals surface area contributed by atoms with E-state index in [9.17, 15) is 4.79 Å². The van der Waals surface area contributed by atoms with E-state index < -0.39 is 0 Å². The maximum atomic E-state index is 11.8. The van der Waals surface area contributed by atoms with Crippen LogP contribution in [0, 0.1) is 0 Å². The summed E-state index contributed by atoms with van der Waals surface area (Å²) in [4.78, 5) is 11.8. The van der Waals surface area contributed by atoms with Crippen LogP contribution in [0.2, 0.25) is 0 Å². The van der Waals surface area contributed by atoms with Gasteiger partial charge in [-0.05, 0) is 39.2 Å². The fraction of sp³-hybridized carbons (Fsp3) is 0.643. The van der Waals surface area contributed by atoms with Gasteiger partial charge in [0.2, 0.25) is 0 Å². The van der Waals surface area contributed by atoms with Gasteiger partial charge in [0.05, 0.1) is 0 Å². The highest BCUT2D eigenvalue weighted by molar-refractivity contribution is 5.98. The van der Waals surface area contributed by atoms with Gasteiger partial charge in [0.15, 0.2) is 5.78 Å². The van der Waals surface area contributed by atoms with Gasteiger partial charge in [-0.1, -0.05) is 13.3 Å². The highest BCUT2D eigenvalue weighted by Gasteiger charge is 2.27. The van der Waals surface area contributed by atoms with Gasteiger partial charge < -0.3 is 4.57 Å². The van der Waals surface area contributed by atoms with Crippen LogP contribution < -0.4 is 0 Å². The highest BCUT2D eigenvalue weighted by Crippen LogP contribution is 2.30. The summed E-state index contributed by atoms with van der Waals surface area (Å²) in [6.45, 7) is 6.73. The van der Waals surface area contributed by atoms with Gasteiger partial charge in [0, 0.05) is 29.4 Å². The third-order valence-electron chi connectivity index (χ3n) is 3.62. The van der Waals surface area contributed by atoms with Crippen LogP contribution in [0.15, 0.2) is 12.3 Å². The van der Waals surface area contributed by atoms with Gasteiger partial charge >= 0.3 is 0 Å². The van der Waals surface area contributed by atoms with Crippen molar-refractivity contribution in [3.8, 4) is 0 Å². The number of fused-ring (bicyclic) bond motifs is 1. The number of hydrogen-bond donors (Lipinski definition) is 0. The van der Waals surface area contributed by atoms with Crippen molar-refractivity contribution in [3.05, 3.63) is 23.5 Å². The summed E-state index contributed by atoms with van der Waals surface area (Å²) in [6, 6.07) is 2.01. The van der Waals surface area contributed by atoms with E-state index in [0.717, 1.165) is 31.2 Å². The molecule has 88 valence electrons. The Labute approximate surface area is 97.7 Å². The number of aromatic nitrogens is 1. The van der Waals surface area contributed by atoms with Crippen LogP contribution in [0.3, 0.4) is 0 Å². The summed E-state index contributed by atoms with van der Waals surface area (Å²) in [5, 5.41) is 0. The minimum atomic E-state index is 0.139. The molecule has 1 aromatic rings. The van der Waals surface area contributed by atoms with E-state index in [1.54, 1.807) is 0 Å². The lowest BCUT2D eigenvalue weighted by Crippen LogP contribution is -2.28. The van der Waals surface area contributed by atoms with Crippen molar-refractivity contribution in [1.82, 2.24) is 4.57 Å². The van der Waals surface area contributed by atoms with Crippen LogP contribution in [-0.4, -0.2) is 10.4 Å². The summed E-state index contributed by atoms with van der Waals surface area (Å²) in [7, 11) is 0. The van der Waals surface area contributed by atoms with E-state index in [1.807, 2.05) is 6.07 Å². The van der Waals surface area contributed by atoms with Crippen LogP contribution in [-0.2, 0) is 12.0 Å². The highest BCUT2D eigenvalue weighted by atomic mass is 16.1. The number of hydrogen-bond acceptors (Lipinski definition) is 1. The Balaban J connectivity index is 2.40. The molecule has 0 amide bonds. The number of rotatable bonds is 3. The molecule has 1 aromatic heterocycles. The number of Topliss-reactive ketones (excluding diaryl/α,β-unsaturated/α-hetero) is 1. The molecule has 0 saturated heterocycles. The second-order valence-electron chi connectivity index (χ2n) is 5.39. The molecule has 2 nitrogen and oxygen atoms in total. The summed E-state index contributed by atoms with van der Waals surface area (Å²) in [6.07, 6.45) is 7.23. The number of ketones is 1. The van der Waals surface area contributed by atoms with Crippen LogP contribution >= 0.6 is 0 Å². The Morgan fingerprint density at radius 3 is 2.81 bits per heavy atom. The van der Waals surface area contributed by atoms with Crippen molar-refractivity contribution in [2.75, 3.05) is 0 Å². The second kappa shape index (κ2) is 4.08. The fourth-order valence-corrected chi connectivity index (χ4v) is 2.82. The van der Waals surface area contributed by atoms with Crippen LogP contribution in [0.25, 0.3) is 0 Å². The molecule has 1 aliphatic carbocycles. The average Bonchev–Trinajstić information content (AvgIpc) is 2.63. The topological polar surface area (TPSA) is 22.0 Å². The molecule has 0 aromatic carbocycles. The van der Waals surface area contributed by atoms with Crippen molar-refractivity contribution in [3.63, 3.8) is 0 Å². The molecule has 1 aliphatic rings. The van der Waals surface area contributed by atoms with Crippen LogP contribution in [0.4, 0.5) is 0 Å². The molecule has 0 unspecified atom stereocenters. The molecule has 0 bridgehead atoms. The van der Waals surface area contributed by atoms with Crippen molar-refractivity contribution >= 4 is 5.78 Å². The summed E-state index contributed by atoms with van der Waals surface area (Å²) < 4.78 is 2.32. The first-order valence-electron chi connectivity index (χ1n) is 6.30. The van der Waals surface area contributed by atoms with Gasteiger partial charge in [0.1, 0.15) is 0 Å². The monoisotopic (exact) mass is 219 g/mol. The molecule has 0 atom stereocenters. The van der Waals surface area contributed by atoms with Crippen molar-refractivity contribution in [2.24, 2.45) is 0 Å². The minimum absolute atomic E-state index is 0.139. The third-order valence-corrected chi connectivity index (χ3v) is 3.62. The van der Waals surface area contributed by atoms with Gasteiger partial charge in [-0.25, -0.2) is 0 Å². The Kier molecular flexibility index (Phi) is 2.92. The summed E-state index contributed by atoms with van der Waals surface area (Å²) >= 11 is 0. The lowest BCUT2D eigenvalue weighted by atomic mass is 9.94. The molecule has 0 N–H and O–H groups in total. The summed E-state index contributed by atoms with van der Waals surface area (Å²) in [5.41, 5.74) is 2.37. The number of nitrogens with zero attached hydrogens (tertiary/aromatic N) is 1. The van der Waals surface area contributed by atoms with E-state index in [-0.39, 0.29) is 5.54 Å². The molecule has 2 rings (SSSR count). The zero-order valence-corrected chi connectivity index (χ0v) is 10.5. The Morgan fingerprint density at radius 2 is 2.12 bits per heavy atom. The fourth-order valence-electron chi connectivity index (χ4n) is 2.82. The molecule has 0 spiro atoms. The molecular formula is C14H21NO. The third kappa shape index (κ3) is 1.81. The predicted octanol–water partition coefficient (Wildman–Crippen LogP) is 3.54. The maximum absolute atomic E-state index is 11.8. The Morgan fingerprint density at radius 1 is 1.38 bits per heavy atom. The maximum Gasteiger partial charge on any atom is 0.164 e. The largest absolute Gasteiger partial charge is 0.345 e. The zero-order chi connectivity index (χ0) is 11.8. The molecule has 1 heterocycles. The molecule has 2 heteroatoms. The number of carbonyl (C=O) groups is 1. The van der Waals surface area contributed by atoms with E-state index >= 15 is 0 Å². The smallest absolute Gasteiger partial charge is 0.164 e.